The molecule has 2 atom stereocenters. The standard InChI is InChI=1S/C26H30N2S.C2H6/c1-6-8-9-21(7-2)22-12-15-26-24(17-22)25(16-19(4)28(26)20(5)29)27-23-13-10-18(3)11-14-23;1-2/h6-15,17,19,25,27,29H,2,5,16H2,1,3-4H3;1-2H3/b8-6-,21-9+;. The topological polar surface area (TPSA) is 15.3 Å². The first-order valence-corrected chi connectivity index (χ1v) is 11.5. The molecule has 0 spiro atoms. The van der Waals surface area contributed by atoms with Crippen molar-refractivity contribution in [1.82, 2.24) is 0 Å². The number of fused-ring (bicyclic) bond motifs is 1. The molecule has 31 heavy (non-hydrogen) atoms. The number of aryl methyl sites for hydroxylation is 1. The van der Waals surface area contributed by atoms with Gasteiger partial charge in [0.2, 0.25) is 0 Å². The molecule has 1 N–H and O–H groups in total. The number of rotatable bonds is 6. The number of anilines is 2. The molecule has 1 heterocycles. The van der Waals surface area contributed by atoms with E-state index in [0.717, 1.165) is 34.0 Å². The summed E-state index contributed by atoms with van der Waals surface area (Å²) in [6, 6.07) is 15.7. The smallest absolute Gasteiger partial charge is 0.0650 e. The summed E-state index contributed by atoms with van der Waals surface area (Å²) in [5.74, 6) is 0. The van der Waals surface area contributed by atoms with Crippen molar-refractivity contribution in [2.45, 2.75) is 53.1 Å². The van der Waals surface area contributed by atoms with E-state index in [0.29, 0.717) is 6.04 Å². The van der Waals surface area contributed by atoms with E-state index in [1.807, 2.05) is 39.0 Å². The maximum atomic E-state index is 4.57. The molecular weight excluding hydrogens is 396 g/mol. The Morgan fingerprint density at radius 3 is 2.42 bits per heavy atom. The van der Waals surface area contributed by atoms with Gasteiger partial charge in [-0.3, -0.25) is 0 Å². The number of thiol groups is 1. The minimum Gasteiger partial charge on any atom is -0.378 e. The second kappa shape index (κ2) is 11.7. The van der Waals surface area contributed by atoms with Gasteiger partial charge in [0.1, 0.15) is 0 Å². The van der Waals surface area contributed by atoms with Crippen molar-refractivity contribution in [3.63, 3.8) is 0 Å². The predicted octanol–water partition coefficient (Wildman–Crippen LogP) is 8.32. The lowest BCUT2D eigenvalue weighted by molar-refractivity contribution is 0.550. The fourth-order valence-corrected chi connectivity index (χ4v) is 4.21. The van der Waals surface area contributed by atoms with Crippen LogP contribution in [0, 0.1) is 6.92 Å². The fraction of sp³-hybridized carbons (Fsp3) is 0.286. The maximum absolute atomic E-state index is 4.57. The first kappa shape index (κ1) is 24.6. The summed E-state index contributed by atoms with van der Waals surface area (Å²) in [6.45, 7) is 18.4. The third-order valence-electron chi connectivity index (χ3n) is 5.37. The van der Waals surface area contributed by atoms with Crippen LogP contribution in [0.25, 0.3) is 5.57 Å². The molecule has 2 nitrogen and oxygen atoms in total. The van der Waals surface area contributed by atoms with Crippen LogP contribution in [0.5, 0.6) is 0 Å². The second-order valence-electron chi connectivity index (χ2n) is 7.56. The molecule has 2 unspecified atom stereocenters. The van der Waals surface area contributed by atoms with Gasteiger partial charge >= 0.3 is 0 Å². The predicted molar refractivity (Wildman–Crippen MR) is 143 cm³/mol. The Balaban J connectivity index is 0.00000166. The van der Waals surface area contributed by atoms with E-state index in [1.165, 1.54) is 11.1 Å². The van der Waals surface area contributed by atoms with Crippen LogP contribution >= 0.6 is 12.6 Å². The quantitative estimate of drug-likeness (QED) is 0.352. The third kappa shape index (κ3) is 5.95. The van der Waals surface area contributed by atoms with Gasteiger partial charge in [-0.05, 0) is 68.2 Å². The molecule has 0 saturated carbocycles. The van der Waals surface area contributed by atoms with Crippen LogP contribution in [0.1, 0.15) is 56.8 Å². The number of benzene rings is 2. The van der Waals surface area contributed by atoms with Gasteiger partial charge in [-0.2, -0.15) is 0 Å². The van der Waals surface area contributed by atoms with Crippen LogP contribution in [0.4, 0.5) is 11.4 Å². The Morgan fingerprint density at radius 1 is 1.16 bits per heavy atom. The molecule has 3 heteroatoms. The molecule has 2 aromatic rings. The van der Waals surface area contributed by atoms with Crippen molar-refractivity contribution in [3.05, 3.63) is 102 Å². The number of hydrogen-bond donors (Lipinski definition) is 2. The third-order valence-corrected chi connectivity index (χ3v) is 5.59. The Hall–Kier alpha value is -2.65. The summed E-state index contributed by atoms with van der Waals surface area (Å²) < 4.78 is 0. The largest absolute Gasteiger partial charge is 0.378 e. The van der Waals surface area contributed by atoms with Gasteiger partial charge in [-0.1, -0.05) is 75.1 Å². The van der Waals surface area contributed by atoms with E-state index in [2.05, 4.69) is 98.4 Å². The van der Waals surface area contributed by atoms with E-state index in [-0.39, 0.29) is 6.04 Å². The van der Waals surface area contributed by atoms with Gasteiger partial charge in [0.25, 0.3) is 0 Å². The molecule has 2 aromatic carbocycles. The Labute approximate surface area is 194 Å². The molecule has 1 aliphatic rings. The lowest BCUT2D eigenvalue weighted by Crippen LogP contribution is -2.38. The summed E-state index contributed by atoms with van der Waals surface area (Å²) in [7, 11) is 0. The first-order chi connectivity index (χ1) is 14.9. The van der Waals surface area contributed by atoms with Crippen molar-refractivity contribution < 1.29 is 0 Å². The first-order valence-electron chi connectivity index (χ1n) is 11.0. The van der Waals surface area contributed by atoms with Gasteiger partial charge in [0.05, 0.1) is 11.1 Å². The van der Waals surface area contributed by atoms with E-state index in [9.17, 15) is 0 Å². The Morgan fingerprint density at radius 2 is 1.84 bits per heavy atom. The summed E-state index contributed by atoms with van der Waals surface area (Å²) >= 11 is 4.57. The number of hydrogen-bond acceptors (Lipinski definition) is 3. The summed E-state index contributed by atoms with van der Waals surface area (Å²) in [5.41, 5.74) is 7.08. The molecule has 3 rings (SSSR count). The Bertz CT molecular complexity index is 953. The normalized spacial score (nSPS) is 18.1. The van der Waals surface area contributed by atoms with Gasteiger partial charge in [0.15, 0.2) is 0 Å². The van der Waals surface area contributed by atoms with Gasteiger partial charge in [0, 0.05) is 17.4 Å². The minimum absolute atomic E-state index is 0.208. The zero-order valence-electron chi connectivity index (χ0n) is 19.5. The molecule has 0 fully saturated rings. The maximum Gasteiger partial charge on any atom is 0.0650 e. The highest BCUT2D eigenvalue weighted by atomic mass is 32.1. The van der Waals surface area contributed by atoms with Crippen LogP contribution in [0.15, 0.2) is 85.0 Å². The molecule has 0 bridgehead atoms. The average Bonchev–Trinajstić information content (AvgIpc) is 2.77. The summed E-state index contributed by atoms with van der Waals surface area (Å²) in [4.78, 5) is 2.22. The monoisotopic (exact) mass is 432 g/mol. The second-order valence-corrected chi connectivity index (χ2v) is 8.08. The highest BCUT2D eigenvalue weighted by Crippen LogP contribution is 2.42. The van der Waals surface area contributed by atoms with Crippen molar-refractivity contribution in [2.75, 3.05) is 10.2 Å². The van der Waals surface area contributed by atoms with Crippen molar-refractivity contribution in [2.24, 2.45) is 0 Å². The molecule has 0 saturated heterocycles. The van der Waals surface area contributed by atoms with E-state index in [1.54, 1.807) is 0 Å². The van der Waals surface area contributed by atoms with Crippen molar-refractivity contribution in [1.29, 1.82) is 0 Å². The zero-order valence-corrected chi connectivity index (χ0v) is 20.4. The van der Waals surface area contributed by atoms with E-state index >= 15 is 0 Å². The van der Waals surface area contributed by atoms with E-state index in [4.69, 9.17) is 0 Å². The Kier molecular flexibility index (Phi) is 9.26. The lowest BCUT2D eigenvalue weighted by Gasteiger charge is -2.41. The van der Waals surface area contributed by atoms with Crippen molar-refractivity contribution >= 4 is 29.6 Å². The fourth-order valence-electron chi connectivity index (χ4n) is 3.91. The highest BCUT2D eigenvalue weighted by Gasteiger charge is 2.31. The van der Waals surface area contributed by atoms with E-state index < -0.39 is 0 Å². The van der Waals surface area contributed by atoms with Gasteiger partial charge < -0.3 is 10.2 Å². The summed E-state index contributed by atoms with van der Waals surface area (Å²) in [5, 5.41) is 4.51. The molecule has 164 valence electrons. The van der Waals surface area contributed by atoms with Crippen molar-refractivity contribution in [3.8, 4) is 0 Å². The molecule has 0 radical (unpaired) electrons. The van der Waals surface area contributed by atoms with Crippen LogP contribution in [0.2, 0.25) is 0 Å². The zero-order chi connectivity index (χ0) is 23.0. The molecule has 0 amide bonds. The van der Waals surface area contributed by atoms with Gasteiger partial charge in [-0.15, -0.1) is 12.6 Å². The van der Waals surface area contributed by atoms with Crippen LogP contribution in [-0.4, -0.2) is 6.04 Å². The molecule has 0 aliphatic carbocycles. The highest BCUT2D eigenvalue weighted by molar-refractivity contribution is 7.84. The lowest BCUT2D eigenvalue weighted by atomic mass is 9.89. The molecular formula is C28H36N2S. The van der Waals surface area contributed by atoms with Crippen LogP contribution in [-0.2, 0) is 0 Å². The van der Waals surface area contributed by atoms with Crippen LogP contribution < -0.4 is 10.2 Å². The molecule has 1 aliphatic heterocycles. The van der Waals surface area contributed by atoms with Gasteiger partial charge in [-0.25, -0.2) is 0 Å². The SMILES string of the molecule is C=C/C(=C\C=C/C)c1ccc2c(c1)C(Nc1ccc(C)cc1)CC(C)N2C(=C)S.CC. The summed E-state index contributed by atoms with van der Waals surface area (Å²) in [6.07, 6.45) is 9.04. The molecule has 0 aromatic heterocycles. The number of nitrogens with one attached hydrogen (secondary N) is 1. The average molecular weight is 433 g/mol. The minimum atomic E-state index is 0.208. The number of allylic oxidation sites excluding steroid dienone is 5. The van der Waals surface area contributed by atoms with Crippen LogP contribution in [0.3, 0.4) is 0 Å². The number of nitrogens with zero attached hydrogens (tertiary/aromatic N) is 1.